The highest BCUT2D eigenvalue weighted by atomic mass is 16.2. The van der Waals surface area contributed by atoms with Crippen LogP contribution in [0.25, 0.3) is 33.5 Å². The zero-order valence-corrected chi connectivity index (χ0v) is 18.7. The largest absolute Gasteiger partial charge is 0.336 e. The Kier molecular flexibility index (Phi) is 4.96. The summed E-state index contributed by atoms with van der Waals surface area (Å²) in [6.45, 7) is 6.17. The molecule has 1 fully saturated rings. The third-order valence-electron chi connectivity index (χ3n) is 6.34. The van der Waals surface area contributed by atoms with Crippen molar-refractivity contribution in [3.8, 4) is 22.5 Å². The monoisotopic (exact) mass is 429 g/mol. The number of benzene rings is 2. The molecule has 0 bridgehead atoms. The minimum absolute atomic E-state index is 0.0342. The van der Waals surface area contributed by atoms with Gasteiger partial charge in [-0.25, -0.2) is 9.78 Å². The minimum atomic E-state index is -0.0618. The number of aromatic amines is 1. The quantitative estimate of drug-likeness (QED) is 0.533. The van der Waals surface area contributed by atoms with Gasteiger partial charge in [0.15, 0.2) is 5.82 Å². The first kappa shape index (κ1) is 20.3. The van der Waals surface area contributed by atoms with Crippen LogP contribution < -0.4 is 5.69 Å². The lowest BCUT2D eigenvalue weighted by Crippen LogP contribution is -2.28. The van der Waals surface area contributed by atoms with E-state index in [0.29, 0.717) is 12.4 Å². The molecule has 2 aromatic heterocycles. The van der Waals surface area contributed by atoms with Crippen molar-refractivity contribution in [2.24, 2.45) is 7.05 Å². The molecule has 0 radical (unpaired) electrons. The van der Waals surface area contributed by atoms with Crippen LogP contribution in [0.1, 0.15) is 35.9 Å². The highest BCUT2D eigenvalue weighted by Crippen LogP contribution is 2.32. The molecule has 7 nitrogen and oxygen atoms in total. The van der Waals surface area contributed by atoms with Crippen molar-refractivity contribution in [2.45, 2.75) is 33.2 Å². The molecular weight excluding hydrogens is 402 g/mol. The summed E-state index contributed by atoms with van der Waals surface area (Å²) >= 11 is 0. The van der Waals surface area contributed by atoms with Gasteiger partial charge in [-0.15, -0.1) is 0 Å². The second kappa shape index (κ2) is 7.82. The molecule has 3 heterocycles. The summed E-state index contributed by atoms with van der Waals surface area (Å²) in [6, 6.07) is 14.1. The first-order chi connectivity index (χ1) is 15.5. The number of carbonyl (C=O) groups is 1. The summed E-state index contributed by atoms with van der Waals surface area (Å²) in [5.74, 6) is 0.298. The third kappa shape index (κ3) is 3.25. The Morgan fingerprint density at radius 3 is 2.56 bits per heavy atom. The Morgan fingerprint density at radius 1 is 1.06 bits per heavy atom. The molecule has 0 saturated carbocycles. The molecule has 0 atom stereocenters. The van der Waals surface area contributed by atoms with Gasteiger partial charge in [0.2, 0.25) is 0 Å². The van der Waals surface area contributed by atoms with Gasteiger partial charge in [0, 0.05) is 37.8 Å². The first-order valence-corrected chi connectivity index (χ1v) is 11.1. The molecular formula is C25H27N5O2. The summed E-state index contributed by atoms with van der Waals surface area (Å²) in [5, 5.41) is 0. The number of carbonyl (C=O) groups excluding carboxylic acids is 1. The van der Waals surface area contributed by atoms with Crippen molar-refractivity contribution < 1.29 is 4.79 Å². The maximum atomic E-state index is 13.1. The van der Waals surface area contributed by atoms with E-state index in [1.807, 2.05) is 55.1 Å². The molecule has 0 spiro atoms. The number of aromatic nitrogens is 4. The number of imidazole rings is 2. The number of rotatable bonds is 4. The molecule has 7 heteroatoms. The lowest BCUT2D eigenvalue weighted by Gasteiger charge is -2.12. The molecule has 1 amide bonds. The number of aryl methyl sites for hydroxylation is 3. The average molecular weight is 430 g/mol. The summed E-state index contributed by atoms with van der Waals surface area (Å²) in [4.78, 5) is 35.6. The molecule has 4 aromatic rings. The number of fused-ring (bicyclic) bond motifs is 1. The van der Waals surface area contributed by atoms with Gasteiger partial charge in [-0.05, 0) is 44.9 Å². The number of nitrogens with zero attached hydrogens (tertiary/aromatic N) is 4. The molecule has 1 aliphatic heterocycles. The van der Waals surface area contributed by atoms with Crippen LogP contribution >= 0.6 is 0 Å². The van der Waals surface area contributed by atoms with E-state index in [9.17, 15) is 9.59 Å². The number of nitrogens with one attached hydrogen (secondary N) is 1. The van der Waals surface area contributed by atoms with Crippen LogP contribution in [0.15, 0.2) is 47.3 Å². The van der Waals surface area contributed by atoms with Crippen LogP contribution in [0.3, 0.4) is 0 Å². The maximum Gasteiger partial charge on any atom is 0.328 e. The van der Waals surface area contributed by atoms with Crippen molar-refractivity contribution in [1.29, 1.82) is 0 Å². The standard InChI is InChI=1S/C25H27N5O2/c1-4-30-19-11-10-18(15-20(19)28(3)25(30)32)22-21(17-9-7-8-16(2)14-17)26-23(27-22)24(31)29-12-5-6-13-29/h7-11,14-15H,4-6,12-13H2,1-3H3,(H,26,27). The van der Waals surface area contributed by atoms with E-state index in [4.69, 9.17) is 4.98 Å². The van der Waals surface area contributed by atoms with E-state index in [1.54, 1.807) is 16.2 Å². The third-order valence-corrected chi connectivity index (χ3v) is 6.34. The van der Waals surface area contributed by atoms with E-state index in [2.05, 4.69) is 11.1 Å². The Hall–Kier alpha value is -3.61. The van der Waals surface area contributed by atoms with Crippen molar-refractivity contribution in [3.63, 3.8) is 0 Å². The SMILES string of the molecule is CCn1c(=O)n(C)c2cc(-c3[nH]c(C(=O)N4CCCC4)nc3-c3cccc(C)c3)ccc21. The van der Waals surface area contributed by atoms with Gasteiger partial charge in [-0.3, -0.25) is 13.9 Å². The van der Waals surface area contributed by atoms with Crippen LogP contribution in [-0.4, -0.2) is 43.0 Å². The topological polar surface area (TPSA) is 75.9 Å². The predicted octanol–water partition coefficient (Wildman–Crippen LogP) is 3.96. The second-order valence-corrected chi connectivity index (χ2v) is 8.47. The van der Waals surface area contributed by atoms with Crippen molar-refractivity contribution >= 4 is 16.9 Å². The lowest BCUT2D eigenvalue weighted by atomic mass is 10.0. The molecule has 164 valence electrons. The molecule has 2 aromatic carbocycles. The Morgan fingerprint density at radius 2 is 1.84 bits per heavy atom. The van der Waals surface area contributed by atoms with Gasteiger partial charge in [0.25, 0.3) is 5.91 Å². The van der Waals surface area contributed by atoms with Crippen molar-refractivity contribution in [2.75, 3.05) is 13.1 Å². The number of likely N-dealkylation sites (tertiary alicyclic amines) is 1. The molecule has 5 rings (SSSR count). The zero-order valence-electron chi connectivity index (χ0n) is 18.7. The van der Waals surface area contributed by atoms with Crippen LogP contribution in [0.5, 0.6) is 0 Å². The fourth-order valence-corrected chi connectivity index (χ4v) is 4.62. The Balaban J connectivity index is 1.69. The molecule has 0 unspecified atom stereocenters. The smallest absolute Gasteiger partial charge is 0.328 e. The van der Waals surface area contributed by atoms with Crippen LogP contribution in [0.4, 0.5) is 0 Å². The second-order valence-electron chi connectivity index (χ2n) is 8.47. The minimum Gasteiger partial charge on any atom is -0.336 e. The van der Waals surface area contributed by atoms with Crippen molar-refractivity contribution in [3.05, 3.63) is 64.3 Å². The summed E-state index contributed by atoms with van der Waals surface area (Å²) < 4.78 is 3.43. The molecule has 32 heavy (non-hydrogen) atoms. The normalized spacial score (nSPS) is 13.9. The summed E-state index contributed by atoms with van der Waals surface area (Å²) in [5.41, 5.74) is 6.23. The van der Waals surface area contributed by atoms with Gasteiger partial charge in [0.1, 0.15) is 0 Å². The molecule has 0 aliphatic carbocycles. The first-order valence-electron chi connectivity index (χ1n) is 11.1. The fourth-order valence-electron chi connectivity index (χ4n) is 4.62. The zero-order chi connectivity index (χ0) is 22.4. The lowest BCUT2D eigenvalue weighted by molar-refractivity contribution is 0.0782. The van der Waals surface area contributed by atoms with Gasteiger partial charge in [0.05, 0.1) is 22.4 Å². The summed E-state index contributed by atoms with van der Waals surface area (Å²) in [6.07, 6.45) is 2.06. The number of hydrogen-bond acceptors (Lipinski definition) is 3. The highest BCUT2D eigenvalue weighted by molar-refractivity contribution is 5.94. The van der Waals surface area contributed by atoms with E-state index >= 15 is 0 Å². The van der Waals surface area contributed by atoms with E-state index in [-0.39, 0.29) is 11.6 Å². The number of H-pyrrole nitrogens is 1. The highest BCUT2D eigenvalue weighted by Gasteiger charge is 2.25. The fraction of sp³-hybridized carbons (Fsp3) is 0.320. The number of hydrogen-bond donors (Lipinski definition) is 1. The van der Waals surface area contributed by atoms with E-state index < -0.39 is 0 Å². The van der Waals surface area contributed by atoms with Crippen LogP contribution in [-0.2, 0) is 13.6 Å². The van der Waals surface area contributed by atoms with Gasteiger partial charge in [-0.1, -0.05) is 29.8 Å². The van der Waals surface area contributed by atoms with Gasteiger partial charge < -0.3 is 9.88 Å². The average Bonchev–Trinajstić information content (AvgIpc) is 3.53. The number of amides is 1. The molecule has 1 saturated heterocycles. The predicted molar refractivity (Wildman–Crippen MR) is 126 cm³/mol. The van der Waals surface area contributed by atoms with Gasteiger partial charge in [-0.2, -0.15) is 0 Å². The Bertz CT molecular complexity index is 1390. The van der Waals surface area contributed by atoms with Crippen LogP contribution in [0.2, 0.25) is 0 Å². The summed E-state index contributed by atoms with van der Waals surface area (Å²) in [7, 11) is 1.79. The van der Waals surface area contributed by atoms with E-state index in [0.717, 1.165) is 65.0 Å². The van der Waals surface area contributed by atoms with Crippen molar-refractivity contribution in [1.82, 2.24) is 24.0 Å². The van der Waals surface area contributed by atoms with Gasteiger partial charge >= 0.3 is 5.69 Å². The maximum absolute atomic E-state index is 13.1. The van der Waals surface area contributed by atoms with Crippen LogP contribution in [0, 0.1) is 6.92 Å². The Labute approximate surface area is 186 Å². The molecule has 1 aliphatic rings. The van der Waals surface area contributed by atoms with E-state index in [1.165, 1.54) is 0 Å². The molecule has 1 N–H and O–H groups in total.